The second-order valence-corrected chi connectivity index (χ2v) is 5.41. The summed E-state index contributed by atoms with van der Waals surface area (Å²) in [4.78, 5) is 15.6. The smallest absolute Gasteiger partial charge is 0.386 e. The van der Waals surface area contributed by atoms with Crippen LogP contribution in [0.5, 0.6) is 0 Å². The first-order chi connectivity index (χ1) is 11.0. The maximum Gasteiger partial charge on any atom is 0.437 e. The van der Waals surface area contributed by atoms with Crippen LogP contribution in [0.25, 0.3) is 17.3 Å². The third kappa shape index (κ3) is 2.75. The normalized spacial score (nSPS) is 12.5. The third-order valence-corrected chi connectivity index (χ3v) is 3.78. The predicted molar refractivity (Wildman–Crippen MR) is 85.2 cm³/mol. The lowest BCUT2D eigenvalue weighted by molar-refractivity contribution is 0.503. The molecule has 3 heterocycles. The number of hydrogen-bond acceptors (Lipinski definition) is 6. The Labute approximate surface area is 132 Å². The van der Waals surface area contributed by atoms with Crippen LogP contribution < -0.4 is 11.5 Å². The van der Waals surface area contributed by atoms with E-state index in [1.54, 1.807) is 16.9 Å². The monoisotopic (exact) mass is 314 g/mol. The van der Waals surface area contributed by atoms with Crippen molar-refractivity contribution >= 4 is 5.82 Å². The lowest BCUT2D eigenvalue weighted by Crippen LogP contribution is -2.09. The highest BCUT2D eigenvalue weighted by Gasteiger charge is 2.19. The SMILES string of the molecule is CCC(C)c1cc(-c2nn(C)c(=O)o2)nn1-c1ccc(N)nc1. The average molecular weight is 314 g/mol. The first-order valence-corrected chi connectivity index (χ1v) is 7.36. The minimum Gasteiger partial charge on any atom is -0.386 e. The summed E-state index contributed by atoms with van der Waals surface area (Å²) in [6.45, 7) is 4.21. The van der Waals surface area contributed by atoms with Crippen molar-refractivity contribution in [2.75, 3.05) is 5.73 Å². The number of pyridine rings is 1. The minimum atomic E-state index is -0.520. The molecule has 0 spiro atoms. The van der Waals surface area contributed by atoms with Gasteiger partial charge < -0.3 is 10.2 Å². The van der Waals surface area contributed by atoms with Crippen molar-refractivity contribution < 1.29 is 4.42 Å². The molecule has 0 aromatic carbocycles. The molecular formula is C15H18N6O2. The van der Waals surface area contributed by atoms with Crippen molar-refractivity contribution in [3.8, 4) is 17.3 Å². The van der Waals surface area contributed by atoms with E-state index in [1.807, 2.05) is 12.1 Å². The second kappa shape index (κ2) is 5.71. The van der Waals surface area contributed by atoms with Crippen molar-refractivity contribution in [2.24, 2.45) is 7.05 Å². The summed E-state index contributed by atoms with van der Waals surface area (Å²) in [6.07, 6.45) is 2.60. The number of nitrogens with zero attached hydrogens (tertiary/aromatic N) is 5. The Balaban J connectivity index is 2.14. The second-order valence-electron chi connectivity index (χ2n) is 5.41. The summed E-state index contributed by atoms with van der Waals surface area (Å²) < 4.78 is 8.05. The highest BCUT2D eigenvalue weighted by Crippen LogP contribution is 2.26. The number of aromatic nitrogens is 5. The van der Waals surface area contributed by atoms with Crippen molar-refractivity contribution in [1.29, 1.82) is 0 Å². The Morgan fingerprint density at radius 3 is 2.70 bits per heavy atom. The largest absolute Gasteiger partial charge is 0.437 e. The molecule has 0 amide bonds. The molecule has 1 atom stereocenters. The van der Waals surface area contributed by atoms with Crippen LogP contribution in [-0.4, -0.2) is 24.5 Å². The van der Waals surface area contributed by atoms with Gasteiger partial charge in [-0.15, -0.1) is 5.10 Å². The molecule has 1 unspecified atom stereocenters. The van der Waals surface area contributed by atoms with Gasteiger partial charge in [0.05, 0.1) is 11.9 Å². The Morgan fingerprint density at radius 1 is 1.35 bits per heavy atom. The third-order valence-electron chi connectivity index (χ3n) is 3.78. The van der Waals surface area contributed by atoms with E-state index in [-0.39, 0.29) is 11.8 Å². The van der Waals surface area contributed by atoms with Crippen LogP contribution in [0.3, 0.4) is 0 Å². The lowest BCUT2D eigenvalue weighted by Gasteiger charge is -2.11. The van der Waals surface area contributed by atoms with E-state index in [2.05, 4.69) is 29.0 Å². The van der Waals surface area contributed by atoms with Crippen molar-refractivity contribution in [2.45, 2.75) is 26.2 Å². The molecule has 0 saturated heterocycles. The van der Waals surface area contributed by atoms with Gasteiger partial charge >= 0.3 is 5.76 Å². The van der Waals surface area contributed by atoms with Gasteiger partial charge in [-0.2, -0.15) is 9.78 Å². The number of rotatable bonds is 4. The number of nitrogens with two attached hydrogens (primary N) is 1. The zero-order valence-electron chi connectivity index (χ0n) is 13.2. The maximum absolute atomic E-state index is 11.5. The first kappa shape index (κ1) is 15.0. The molecule has 23 heavy (non-hydrogen) atoms. The van der Waals surface area contributed by atoms with Crippen LogP contribution in [-0.2, 0) is 7.05 Å². The van der Waals surface area contributed by atoms with Gasteiger partial charge in [0.25, 0.3) is 5.89 Å². The predicted octanol–water partition coefficient (Wildman–Crippen LogP) is 1.72. The van der Waals surface area contributed by atoms with Crippen LogP contribution in [0.1, 0.15) is 31.9 Å². The van der Waals surface area contributed by atoms with E-state index in [1.165, 1.54) is 7.05 Å². The summed E-state index contributed by atoms with van der Waals surface area (Å²) >= 11 is 0. The van der Waals surface area contributed by atoms with Gasteiger partial charge in [0, 0.05) is 12.7 Å². The Kier molecular flexibility index (Phi) is 3.73. The highest BCUT2D eigenvalue weighted by molar-refractivity contribution is 5.49. The number of aryl methyl sites for hydroxylation is 1. The summed E-state index contributed by atoms with van der Waals surface area (Å²) in [5.41, 5.74) is 7.93. The van der Waals surface area contributed by atoms with Gasteiger partial charge in [0.15, 0.2) is 0 Å². The van der Waals surface area contributed by atoms with Gasteiger partial charge in [-0.1, -0.05) is 13.8 Å². The summed E-state index contributed by atoms with van der Waals surface area (Å²) in [5.74, 6) is 0.393. The van der Waals surface area contributed by atoms with E-state index < -0.39 is 5.76 Å². The van der Waals surface area contributed by atoms with Gasteiger partial charge in [-0.3, -0.25) is 0 Å². The quantitative estimate of drug-likeness (QED) is 0.786. The summed E-state index contributed by atoms with van der Waals surface area (Å²) in [7, 11) is 1.53. The molecule has 0 aliphatic rings. The summed E-state index contributed by atoms with van der Waals surface area (Å²) in [5, 5.41) is 8.59. The maximum atomic E-state index is 11.5. The topological polar surface area (TPSA) is 105 Å². The molecule has 3 aromatic rings. The van der Waals surface area contributed by atoms with Crippen molar-refractivity contribution in [1.82, 2.24) is 24.5 Å². The van der Waals surface area contributed by atoms with E-state index >= 15 is 0 Å². The van der Waals surface area contributed by atoms with E-state index in [0.717, 1.165) is 22.5 Å². The molecule has 0 bridgehead atoms. The lowest BCUT2D eigenvalue weighted by atomic mass is 10.0. The number of anilines is 1. The van der Waals surface area contributed by atoms with Crippen LogP contribution in [0.4, 0.5) is 5.82 Å². The molecule has 8 heteroatoms. The molecule has 2 N–H and O–H groups in total. The molecule has 0 aliphatic carbocycles. The van der Waals surface area contributed by atoms with E-state index in [0.29, 0.717) is 11.5 Å². The zero-order chi connectivity index (χ0) is 16.6. The molecule has 120 valence electrons. The fourth-order valence-corrected chi connectivity index (χ4v) is 2.24. The molecule has 0 fully saturated rings. The molecule has 0 saturated carbocycles. The highest BCUT2D eigenvalue weighted by atomic mass is 16.4. The van der Waals surface area contributed by atoms with Crippen LogP contribution in [0.2, 0.25) is 0 Å². The minimum absolute atomic E-state index is 0.198. The van der Waals surface area contributed by atoms with Crippen LogP contribution in [0.15, 0.2) is 33.6 Å². The molecule has 0 aliphatic heterocycles. The van der Waals surface area contributed by atoms with Gasteiger partial charge in [-0.25, -0.2) is 14.5 Å². The molecule has 0 radical (unpaired) electrons. The Hall–Kier alpha value is -2.90. The molecule has 3 rings (SSSR count). The number of hydrogen-bond donors (Lipinski definition) is 1. The molecule has 8 nitrogen and oxygen atoms in total. The standard InChI is InChI=1S/C15H18N6O2/c1-4-9(2)12-7-11(14-19-20(3)15(22)23-14)18-21(12)10-5-6-13(16)17-8-10/h5-9H,4H2,1-3H3,(H2,16,17). The van der Waals surface area contributed by atoms with Gasteiger partial charge in [0.1, 0.15) is 11.5 Å². The van der Waals surface area contributed by atoms with Crippen LogP contribution in [0, 0.1) is 0 Å². The van der Waals surface area contributed by atoms with Gasteiger partial charge in [-0.05, 0) is 30.5 Å². The molecular weight excluding hydrogens is 296 g/mol. The fourth-order valence-electron chi connectivity index (χ4n) is 2.24. The van der Waals surface area contributed by atoms with Crippen molar-refractivity contribution in [3.05, 3.63) is 40.6 Å². The van der Waals surface area contributed by atoms with E-state index in [4.69, 9.17) is 10.2 Å². The van der Waals surface area contributed by atoms with Gasteiger partial charge in [0.2, 0.25) is 0 Å². The fraction of sp³-hybridized carbons (Fsp3) is 0.333. The first-order valence-electron chi connectivity index (χ1n) is 7.36. The van der Waals surface area contributed by atoms with Crippen molar-refractivity contribution in [3.63, 3.8) is 0 Å². The Bertz CT molecular complexity index is 874. The zero-order valence-corrected chi connectivity index (χ0v) is 13.2. The van der Waals surface area contributed by atoms with E-state index in [9.17, 15) is 4.79 Å². The molecule has 3 aromatic heterocycles. The summed E-state index contributed by atoms with van der Waals surface area (Å²) in [6, 6.07) is 5.45. The Morgan fingerprint density at radius 2 is 2.13 bits per heavy atom. The van der Waals surface area contributed by atoms with Crippen LogP contribution >= 0.6 is 0 Å². The average Bonchev–Trinajstić information content (AvgIpc) is 3.12. The number of nitrogen functional groups attached to an aromatic ring is 1.